The lowest BCUT2D eigenvalue weighted by Gasteiger charge is -2.13. The first-order valence-corrected chi connectivity index (χ1v) is 6.71. The third-order valence-electron chi connectivity index (χ3n) is 3.27. The van der Waals surface area contributed by atoms with Crippen LogP contribution in [0.15, 0.2) is 29.8 Å². The fourth-order valence-corrected chi connectivity index (χ4v) is 3.06. The molecule has 92 valence electrons. The first-order valence-electron chi connectivity index (χ1n) is 5.83. The topological polar surface area (TPSA) is 68.0 Å². The van der Waals surface area contributed by atoms with Gasteiger partial charge in [-0.3, -0.25) is 4.79 Å². The molecule has 1 unspecified atom stereocenters. The zero-order valence-corrected chi connectivity index (χ0v) is 10.5. The van der Waals surface area contributed by atoms with Gasteiger partial charge in [0.2, 0.25) is 5.91 Å². The lowest BCUT2D eigenvalue weighted by molar-refractivity contribution is 0.0999. The molecule has 1 aromatic heterocycles. The fraction of sp³-hybridized carbons (Fsp3) is 0.231. The van der Waals surface area contributed by atoms with E-state index in [2.05, 4.69) is 16.4 Å². The number of anilines is 1. The van der Waals surface area contributed by atoms with Crippen molar-refractivity contribution in [1.82, 2.24) is 4.98 Å². The number of amides is 1. The van der Waals surface area contributed by atoms with Crippen molar-refractivity contribution in [3.05, 3.63) is 46.5 Å². The summed E-state index contributed by atoms with van der Waals surface area (Å²) in [7, 11) is 0. The van der Waals surface area contributed by atoms with Gasteiger partial charge in [0.15, 0.2) is 5.13 Å². The Balaban J connectivity index is 1.92. The molecule has 0 spiro atoms. The molecule has 4 nitrogen and oxygen atoms in total. The van der Waals surface area contributed by atoms with Gasteiger partial charge in [0, 0.05) is 17.1 Å². The van der Waals surface area contributed by atoms with Crippen molar-refractivity contribution in [3.8, 4) is 0 Å². The highest BCUT2D eigenvalue weighted by Crippen LogP contribution is 2.35. The summed E-state index contributed by atoms with van der Waals surface area (Å²) in [5, 5.41) is 6.26. The second kappa shape index (κ2) is 4.42. The minimum absolute atomic E-state index is 0.227. The van der Waals surface area contributed by atoms with Gasteiger partial charge >= 0.3 is 0 Å². The molecule has 1 aliphatic carbocycles. The molecule has 1 heterocycles. The number of hydrogen-bond acceptors (Lipinski definition) is 4. The van der Waals surface area contributed by atoms with Crippen molar-refractivity contribution in [1.29, 1.82) is 0 Å². The van der Waals surface area contributed by atoms with E-state index in [1.54, 1.807) is 23.6 Å². The Morgan fingerprint density at radius 3 is 3.11 bits per heavy atom. The van der Waals surface area contributed by atoms with E-state index in [4.69, 9.17) is 5.73 Å². The van der Waals surface area contributed by atoms with Crippen LogP contribution in [0.5, 0.6) is 0 Å². The van der Waals surface area contributed by atoms with Crippen molar-refractivity contribution in [3.63, 3.8) is 0 Å². The Kier molecular flexibility index (Phi) is 2.76. The van der Waals surface area contributed by atoms with Gasteiger partial charge in [0.1, 0.15) is 0 Å². The van der Waals surface area contributed by atoms with Gasteiger partial charge in [-0.05, 0) is 30.0 Å². The highest BCUT2D eigenvalue weighted by molar-refractivity contribution is 7.13. The number of nitrogens with one attached hydrogen (secondary N) is 1. The van der Waals surface area contributed by atoms with Crippen LogP contribution < -0.4 is 11.1 Å². The smallest absolute Gasteiger partial charge is 0.248 e. The first-order chi connectivity index (χ1) is 8.75. The number of rotatable bonds is 3. The summed E-state index contributed by atoms with van der Waals surface area (Å²) in [5.74, 6) is -0.346. The lowest BCUT2D eigenvalue weighted by atomic mass is 10.0. The van der Waals surface area contributed by atoms with E-state index in [1.807, 2.05) is 11.4 Å². The van der Waals surface area contributed by atoms with Crippen molar-refractivity contribution < 1.29 is 4.79 Å². The Morgan fingerprint density at radius 2 is 2.39 bits per heavy atom. The van der Waals surface area contributed by atoms with Crippen LogP contribution in [-0.2, 0) is 6.42 Å². The highest BCUT2D eigenvalue weighted by atomic mass is 32.1. The molecule has 18 heavy (non-hydrogen) atoms. The van der Waals surface area contributed by atoms with Crippen molar-refractivity contribution in [2.24, 2.45) is 5.73 Å². The van der Waals surface area contributed by atoms with Crippen LogP contribution in [0.4, 0.5) is 5.13 Å². The lowest BCUT2D eigenvalue weighted by Crippen LogP contribution is -2.14. The molecule has 1 aromatic carbocycles. The van der Waals surface area contributed by atoms with Crippen molar-refractivity contribution in [2.75, 3.05) is 5.32 Å². The molecule has 0 fully saturated rings. The van der Waals surface area contributed by atoms with Gasteiger partial charge in [0.05, 0.1) is 6.04 Å². The molecule has 0 saturated heterocycles. The number of primary amides is 1. The maximum atomic E-state index is 11.4. The zero-order chi connectivity index (χ0) is 12.5. The number of fused-ring (bicyclic) bond motifs is 1. The molecule has 3 N–H and O–H groups in total. The molecule has 0 radical (unpaired) electrons. The van der Waals surface area contributed by atoms with Crippen LogP contribution in [-0.4, -0.2) is 10.9 Å². The Hall–Kier alpha value is -1.88. The van der Waals surface area contributed by atoms with Crippen molar-refractivity contribution in [2.45, 2.75) is 18.9 Å². The van der Waals surface area contributed by atoms with E-state index in [1.165, 1.54) is 5.56 Å². The Bertz CT molecular complexity index is 580. The molecule has 5 heteroatoms. The summed E-state index contributed by atoms with van der Waals surface area (Å²) in [6, 6.07) is 5.97. The van der Waals surface area contributed by atoms with E-state index in [9.17, 15) is 4.79 Å². The number of carbonyl (C=O) groups excluding carboxylic acids is 1. The maximum Gasteiger partial charge on any atom is 0.248 e. The Labute approximate surface area is 109 Å². The maximum absolute atomic E-state index is 11.4. The summed E-state index contributed by atoms with van der Waals surface area (Å²) in [5.41, 5.74) is 8.30. The second-order valence-electron chi connectivity index (χ2n) is 4.31. The van der Waals surface area contributed by atoms with Gasteiger partial charge in [-0.25, -0.2) is 4.98 Å². The predicted molar refractivity (Wildman–Crippen MR) is 71.8 cm³/mol. The van der Waals surface area contributed by atoms with E-state index in [0.29, 0.717) is 5.56 Å². The largest absolute Gasteiger partial charge is 0.366 e. The number of hydrogen-bond donors (Lipinski definition) is 2. The minimum Gasteiger partial charge on any atom is -0.366 e. The normalized spacial score (nSPS) is 17.4. The SMILES string of the molecule is NC(=O)c1cccc2c1CCC2Nc1nccs1. The summed E-state index contributed by atoms with van der Waals surface area (Å²) in [6.45, 7) is 0. The third-order valence-corrected chi connectivity index (χ3v) is 3.97. The molecule has 0 bridgehead atoms. The molecule has 0 aliphatic heterocycles. The van der Waals surface area contributed by atoms with E-state index in [0.717, 1.165) is 23.5 Å². The van der Waals surface area contributed by atoms with Crippen LogP contribution in [0.3, 0.4) is 0 Å². The molecule has 2 aromatic rings. The van der Waals surface area contributed by atoms with Gasteiger partial charge < -0.3 is 11.1 Å². The third kappa shape index (κ3) is 1.86. The molecule has 1 aliphatic rings. The van der Waals surface area contributed by atoms with Crippen LogP contribution in [0.1, 0.15) is 33.9 Å². The van der Waals surface area contributed by atoms with Crippen molar-refractivity contribution >= 4 is 22.4 Å². The van der Waals surface area contributed by atoms with E-state index >= 15 is 0 Å². The quantitative estimate of drug-likeness (QED) is 0.889. The Morgan fingerprint density at radius 1 is 1.50 bits per heavy atom. The average Bonchev–Trinajstić information content (AvgIpc) is 2.99. The van der Waals surface area contributed by atoms with Crippen LogP contribution >= 0.6 is 11.3 Å². The fourth-order valence-electron chi connectivity index (χ4n) is 2.48. The summed E-state index contributed by atoms with van der Waals surface area (Å²) >= 11 is 1.58. The first kappa shape index (κ1) is 11.2. The average molecular weight is 259 g/mol. The van der Waals surface area contributed by atoms with E-state index < -0.39 is 0 Å². The van der Waals surface area contributed by atoms with Gasteiger partial charge in [-0.2, -0.15) is 0 Å². The van der Waals surface area contributed by atoms with Crippen LogP contribution in [0, 0.1) is 0 Å². The molecule has 3 rings (SSSR count). The number of carbonyl (C=O) groups is 1. The summed E-state index contributed by atoms with van der Waals surface area (Å²) < 4.78 is 0. The monoisotopic (exact) mass is 259 g/mol. The molecule has 1 amide bonds. The predicted octanol–water partition coefficient (Wildman–Crippen LogP) is 2.34. The second-order valence-corrected chi connectivity index (χ2v) is 5.21. The zero-order valence-electron chi connectivity index (χ0n) is 9.72. The minimum atomic E-state index is -0.346. The van der Waals surface area contributed by atoms with E-state index in [-0.39, 0.29) is 11.9 Å². The van der Waals surface area contributed by atoms with Gasteiger partial charge in [0.25, 0.3) is 0 Å². The summed E-state index contributed by atoms with van der Waals surface area (Å²) in [4.78, 5) is 15.6. The molecule has 0 saturated carbocycles. The van der Waals surface area contributed by atoms with Crippen LogP contribution in [0.25, 0.3) is 0 Å². The van der Waals surface area contributed by atoms with Crippen LogP contribution in [0.2, 0.25) is 0 Å². The number of benzene rings is 1. The molecular formula is C13H13N3OS. The van der Waals surface area contributed by atoms with Gasteiger partial charge in [-0.15, -0.1) is 11.3 Å². The number of thiazole rings is 1. The van der Waals surface area contributed by atoms with Gasteiger partial charge in [-0.1, -0.05) is 12.1 Å². The highest BCUT2D eigenvalue weighted by Gasteiger charge is 2.26. The molecule has 1 atom stereocenters. The number of nitrogens with zero attached hydrogens (tertiary/aromatic N) is 1. The summed E-state index contributed by atoms with van der Waals surface area (Å²) in [6.07, 6.45) is 3.64. The number of nitrogens with two attached hydrogens (primary N) is 1. The standard InChI is InChI=1S/C13H13N3OS/c14-12(17)10-3-1-2-9-8(10)4-5-11(9)16-13-15-6-7-18-13/h1-3,6-7,11H,4-5H2,(H2,14,17)(H,15,16). The number of aromatic nitrogens is 1. The molecular weight excluding hydrogens is 246 g/mol.